The fraction of sp³-hybridized carbons (Fsp3) is 0.462. The van der Waals surface area contributed by atoms with Crippen LogP contribution in [-0.2, 0) is 11.2 Å². The van der Waals surface area contributed by atoms with Gasteiger partial charge in [-0.05, 0) is 46.5 Å². The van der Waals surface area contributed by atoms with Crippen LogP contribution in [0, 0.1) is 11.7 Å². The number of aliphatic hydroxyl groups is 1. The van der Waals surface area contributed by atoms with E-state index < -0.39 is 0 Å². The Bertz CT molecular complexity index is 412. The van der Waals surface area contributed by atoms with Gasteiger partial charge in [-0.2, -0.15) is 0 Å². The smallest absolute Gasteiger partial charge is 0.223 e. The Kier molecular flexibility index (Phi) is 6.29. The fourth-order valence-corrected chi connectivity index (χ4v) is 2.00. The molecule has 0 spiro atoms. The van der Waals surface area contributed by atoms with E-state index >= 15 is 0 Å². The number of hydrogen-bond acceptors (Lipinski definition) is 2. The zero-order valence-electron chi connectivity index (χ0n) is 10.2. The monoisotopic (exact) mass is 317 g/mol. The molecular weight excluding hydrogens is 301 g/mol. The first kappa shape index (κ1) is 15.1. The number of rotatable bonds is 6. The molecule has 0 aliphatic heterocycles. The van der Waals surface area contributed by atoms with Crippen LogP contribution in [0.5, 0.6) is 0 Å². The van der Waals surface area contributed by atoms with Crippen LogP contribution in [0.3, 0.4) is 0 Å². The summed E-state index contributed by atoms with van der Waals surface area (Å²) < 4.78 is 13.5. The van der Waals surface area contributed by atoms with Crippen molar-refractivity contribution >= 4 is 21.8 Å². The van der Waals surface area contributed by atoms with Gasteiger partial charge in [0.15, 0.2) is 0 Å². The van der Waals surface area contributed by atoms with Crippen LogP contribution in [0.4, 0.5) is 4.39 Å². The fourth-order valence-electron chi connectivity index (χ4n) is 1.58. The highest BCUT2D eigenvalue weighted by Crippen LogP contribution is 2.19. The quantitative estimate of drug-likeness (QED) is 0.791. The van der Waals surface area contributed by atoms with Crippen LogP contribution in [0.1, 0.15) is 18.9 Å². The molecule has 1 aromatic carbocycles. The highest BCUT2D eigenvalue weighted by molar-refractivity contribution is 9.10. The Balaban J connectivity index is 2.50. The Morgan fingerprint density at radius 1 is 1.56 bits per heavy atom. The molecule has 1 aromatic rings. The van der Waals surface area contributed by atoms with Crippen molar-refractivity contribution in [2.45, 2.75) is 19.8 Å². The van der Waals surface area contributed by atoms with E-state index in [0.717, 1.165) is 5.56 Å². The second-order valence-electron chi connectivity index (χ2n) is 4.22. The molecule has 1 amide bonds. The average molecular weight is 318 g/mol. The van der Waals surface area contributed by atoms with E-state index in [4.69, 9.17) is 5.11 Å². The Morgan fingerprint density at radius 2 is 2.28 bits per heavy atom. The Labute approximate surface area is 115 Å². The zero-order chi connectivity index (χ0) is 13.5. The summed E-state index contributed by atoms with van der Waals surface area (Å²) in [4.78, 5) is 11.7. The molecule has 1 atom stereocenters. The van der Waals surface area contributed by atoms with Crippen molar-refractivity contribution in [2.75, 3.05) is 13.2 Å². The molecule has 18 heavy (non-hydrogen) atoms. The number of halogens is 2. The number of amides is 1. The SMILES string of the molecule is CC(Cc1ccc(F)c(Br)c1)C(=O)NCCCO. The summed E-state index contributed by atoms with van der Waals surface area (Å²) in [5.74, 6) is -0.538. The summed E-state index contributed by atoms with van der Waals surface area (Å²) in [6.45, 7) is 2.37. The first-order chi connectivity index (χ1) is 8.54. The predicted molar refractivity (Wildman–Crippen MR) is 71.7 cm³/mol. The van der Waals surface area contributed by atoms with E-state index in [0.29, 0.717) is 23.9 Å². The van der Waals surface area contributed by atoms with E-state index in [1.165, 1.54) is 6.07 Å². The minimum Gasteiger partial charge on any atom is -0.396 e. The van der Waals surface area contributed by atoms with E-state index in [1.54, 1.807) is 12.1 Å². The molecule has 3 nitrogen and oxygen atoms in total. The largest absolute Gasteiger partial charge is 0.396 e. The third-order valence-electron chi connectivity index (χ3n) is 2.61. The number of aliphatic hydroxyl groups excluding tert-OH is 1. The van der Waals surface area contributed by atoms with Crippen LogP contribution < -0.4 is 5.32 Å². The second-order valence-corrected chi connectivity index (χ2v) is 5.08. The number of carbonyl (C=O) groups excluding carboxylic acids is 1. The van der Waals surface area contributed by atoms with Crippen LogP contribution in [0.25, 0.3) is 0 Å². The van der Waals surface area contributed by atoms with Gasteiger partial charge in [0.25, 0.3) is 0 Å². The Hall–Kier alpha value is -0.940. The van der Waals surface area contributed by atoms with Crippen molar-refractivity contribution < 1.29 is 14.3 Å². The van der Waals surface area contributed by atoms with Gasteiger partial charge >= 0.3 is 0 Å². The molecule has 0 radical (unpaired) electrons. The summed E-state index contributed by atoms with van der Waals surface area (Å²) in [7, 11) is 0. The van der Waals surface area contributed by atoms with Crippen LogP contribution in [-0.4, -0.2) is 24.2 Å². The van der Waals surface area contributed by atoms with Crippen molar-refractivity contribution in [1.29, 1.82) is 0 Å². The maximum atomic E-state index is 13.1. The minimum absolute atomic E-state index is 0.0519. The van der Waals surface area contributed by atoms with Gasteiger partial charge in [-0.1, -0.05) is 13.0 Å². The first-order valence-electron chi connectivity index (χ1n) is 5.87. The van der Waals surface area contributed by atoms with Crippen LogP contribution in [0.15, 0.2) is 22.7 Å². The van der Waals surface area contributed by atoms with Gasteiger partial charge in [0.2, 0.25) is 5.91 Å². The highest BCUT2D eigenvalue weighted by atomic mass is 79.9. The predicted octanol–water partition coefficient (Wildman–Crippen LogP) is 2.27. The number of benzene rings is 1. The average Bonchev–Trinajstić information content (AvgIpc) is 2.34. The molecule has 0 fully saturated rings. The standard InChI is InChI=1S/C13H17BrFNO2/c1-9(13(18)16-5-2-6-17)7-10-3-4-12(15)11(14)8-10/h3-4,8-9,17H,2,5-7H2,1H3,(H,16,18). The Morgan fingerprint density at radius 3 is 2.89 bits per heavy atom. The van der Waals surface area contributed by atoms with Crippen LogP contribution in [0.2, 0.25) is 0 Å². The maximum Gasteiger partial charge on any atom is 0.223 e. The number of carbonyl (C=O) groups is 1. The third-order valence-corrected chi connectivity index (χ3v) is 3.22. The molecule has 1 rings (SSSR count). The van der Waals surface area contributed by atoms with Crippen molar-refractivity contribution in [3.8, 4) is 0 Å². The van der Waals surface area contributed by atoms with Gasteiger partial charge in [0, 0.05) is 19.1 Å². The molecule has 0 heterocycles. The van der Waals surface area contributed by atoms with Crippen molar-refractivity contribution in [2.24, 2.45) is 5.92 Å². The lowest BCUT2D eigenvalue weighted by Crippen LogP contribution is -2.31. The number of nitrogens with one attached hydrogen (secondary N) is 1. The molecule has 0 aliphatic rings. The van der Waals surface area contributed by atoms with Crippen LogP contribution >= 0.6 is 15.9 Å². The van der Waals surface area contributed by atoms with E-state index in [9.17, 15) is 9.18 Å². The molecule has 0 bridgehead atoms. The molecule has 0 saturated heterocycles. The molecule has 2 N–H and O–H groups in total. The molecule has 0 aliphatic carbocycles. The van der Waals surface area contributed by atoms with Gasteiger partial charge in [-0.15, -0.1) is 0 Å². The van der Waals surface area contributed by atoms with Gasteiger partial charge in [0.1, 0.15) is 5.82 Å². The summed E-state index contributed by atoms with van der Waals surface area (Å²) >= 11 is 3.12. The molecule has 100 valence electrons. The molecule has 5 heteroatoms. The van der Waals surface area contributed by atoms with E-state index in [1.807, 2.05) is 6.92 Å². The minimum atomic E-state index is -0.307. The summed E-state index contributed by atoms with van der Waals surface area (Å²) in [5, 5.41) is 11.4. The summed E-state index contributed by atoms with van der Waals surface area (Å²) in [6, 6.07) is 4.75. The molecule has 1 unspecified atom stereocenters. The lowest BCUT2D eigenvalue weighted by atomic mass is 10.0. The van der Waals surface area contributed by atoms with Crippen molar-refractivity contribution in [3.63, 3.8) is 0 Å². The van der Waals surface area contributed by atoms with E-state index in [2.05, 4.69) is 21.2 Å². The third kappa shape index (κ3) is 4.74. The molecule has 0 aromatic heterocycles. The number of hydrogen-bond donors (Lipinski definition) is 2. The summed E-state index contributed by atoms with van der Waals surface area (Å²) in [6.07, 6.45) is 1.12. The van der Waals surface area contributed by atoms with E-state index in [-0.39, 0.29) is 24.2 Å². The highest BCUT2D eigenvalue weighted by Gasteiger charge is 2.13. The van der Waals surface area contributed by atoms with Crippen molar-refractivity contribution in [3.05, 3.63) is 34.1 Å². The maximum absolute atomic E-state index is 13.1. The molecular formula is C13H17BrFNO2. The first-order valence-corrected chi connectivity index (χ1v) is 6.66. The second kappa shape index (κ2) is 7.48. The lowest BCUT2D eigenvalue weighted by molar-refractivity contribution is -0.124. The summed E-state index contributed by atoms with van der Waals surface area (Å²) in [5.41, 5.74) is 0.910. The normalized spacial score (nSPS) is 12.2. The van der Waals surface area contributed by atoms with Crippen molar-refractivity contribution in [1.82, 2.24) is 5.32 Å². The van der Waals surface area contributed by atoms with Gasteiger partial charge in [-0.3, -0.25) is 4.79 Å². The molecule has 0 saturated carbocycles. The topological polar surface area (TPSA) is 49.3 Å². The lowest BCUT2D eigenvalue weighted by Gasteiger charge is -2.12. The van der Waals surface area contributed by atoms with Gasteiger partial charge in [0.05, 0.1) is 4.47 Å². The van der Waals surface area contributed by atoms with Gasteiger partial charge < -0.3 is 10.4 Å². The van der Waals surface area contributed by atoms with Gasteiger partial charge in [-0.25, -0.2) is 4.39 Å². The zero-order valence-corrected chi connectivity index (χ0v) is 11.8.